The van der Waals surface area contributed by atoms with Crippen LogP contribution in [0, 0.1) is 5.82 Å². The predicted molar refractivity (Wildman–Crippen MR) is 75.5 cm³/mol. The Labute approximate surface area is 122 Å². The molecule has 0 atom stereocenters. The lowest BCUT2D eigenvalue weighted by Crippen LogP contribution is -2.26. The van der Waals surface area contributed by atoms with Gasteiger partial charge in [-0.15, -0.1) is 0 Å². The van der Waals surface area contributed by atoms with Crippen molar-refractivity contribution in [3.05, 3.63) is 59.7 Å². The molecule has 0 aliphatic rings. The Bertz CT molecular complexity index is 705. The molecule has 2 rings (SSSR count). The van der Waals surface area contributed by atoms with Gasteiger partial charge in [0.25, 0.3) is 0 Å². The molecule has 0 bridgehead atoms. The first kappa shape index (κ1) is 15.6. The summed E-state index contributed by atoms with van der Waals surface area (Å²) in [5, 5.41) is 8.89. The minimum atomic E-state index is -3.91. The fourth-order valence-corrected chi connectivity index (χ4v) is 2.91. The summed E-state index contributed by atoms with van der Waals surface area (Å²) in [6, 6.07) is 7.10. The first-order valence-corrected chi connectivity index (χ1v) is 7.79. The van der Waals surface area contributed by atoms with Crippen molar-refractivity contribution in [3.8, 4) is 0 Å². The van der Waals surface area contributed by atoms with Crippen LogP contribution in [-0.2, 0) is 23.1 Å². The van der Waals surface area contributed by atoms with E-state index in [2.05, 4.69) is 9.71 Å². The molecule has 2 aromatic rings. The first-order valence-electron chi connectivity index (χ1n) is 6.31. The van der Waals surface area contributed by atoms with Crippen molar-refractivity contribution in [2.75, 3.05) is 6.54 Å². The van der Waals surface area contributed by atoms with Gasteiger partial charge in [0, 0.05) is 18.9 Å². The molecule has 0 saturated heterocycles. The van der Waals surface area contributed by atoms with Gasteiger partial charge in [0.05, 0.1) is 6.61 Å². The van der Waals surface area contributed by atoms with Crippen molar-refractivity contribution in [1.29, 1.82) is 0 Å². The van der Waals surface area contributed by atoms with Crippen LogP contribution in [0.1, 0.15) is 11.1 Å². The molecule has 0 amide bonds. The van der Waals surface area contributed by atoms with Crippen LogP contribution < -0.4 is 4.72 Å². The van der Waals surface area contributed by atoms with Crippen LogP contribution in [-0.4, -0.2) is 25.1 Å². The van der Waals surface area contributed by atoms with Gasteiger partial charge in [-0.3, -0.25) is 4.98 Å². The van der Waals surface area contributed by atoms with Crippen LogP contribution >= 0.6 is 0 Å². The third kappa shape index (κ3) is 4.07. The van der Waals surface area contributed by atoms with Gasteiger partial charge in [0.2, 0.25) is 10.0 Å². The van der Waals surface area contributed by atoms with E-state index in [0.717, 1.165) is 17.7 Å². The van der Waals surface area contributed by atoms with Crippen molar-refractivity contribution in [1.82, 2.24) is 9.71 Å². The van der Waals surface area contributed by atoms with E-state index in [1.165, 1.54) is 6.07 Å². The SMILES string of the molecule is O=S(=O)(NCCc1ccncc1)c1ccc(CO)cc1F. The zero-order valence-corrected chi connectivity index (χ0v) is 12.0. The van der Waals surface area contributed by atoms with Gasteiger partial charge < -0.3 is 5.11 Å². The highest BCUT2D eigenvalue weighted by Crippen LogP contribution is 2.16. The number of nitrogens with zero attached hydrogens (tertiary/aromatic N) is 1. The van der Waals surface area contributed by atoms with Crippen LogP contribution in [0.15, 0.2) is 47.6 Å². The maximum atomic E-state index is 13.7. The molecule has 0 aliphatic carbocycles. The summed E-state index contributed by atoms with van der Waals surface area (Å²) in [6.45, 7) is -0.180. The summed E-state index contributed by atoms with van der Waals surface area (Å²) in [4.78, 5) is 3.45. The smallest absolute Gasteiger partial charge is 0.243 e. The number of aliphatic hydroxyl groups is 1. The Morgan fingerprint density at radius 1 is 1.14 bits per heavy atom. The molecule has 112 valence electrons. The van der Waals surface area contributed by atoms with Crippen molar-refractivity contribution in [2.24, 2.45) is 0 Å². The average Bonchev–Trinajstić information content (AvgIpc) is 2.47. The lowest BCUT2D eigenvalue weighted by Gasteiger charge is -2.08. The fraction of sp³-hybridized carbons (Fsp3) is 0.214. The van der Waals surface area contributed by atoms with Gasteiger partial charge in [-0.2, -0.15) is 0 Å². The van der Waals surface area contributed by atoms with Crippen molar-refractivity contribution in [2.45, 2.75) is 17.9 Å². The molecule has 1 heterocycles. The Hall–Kier alpha value is -1.83. The van der Waals surface area contributed by atoms with Gasteiger partial charge in [0.1, 0.15) is 10.7 Å². The number of aliphatic hydroxyl groups excluding tert-OH is 1. The van der Waals surface area contributed by atoms with Crippen LogP contribution in [0.3, 0.4) is 0 Å². The van der Waals surface area contributed by atoms with Gasteiger partial charge in [0.15, 0.2) is 0 Å². The molecule has 0 unspecified atom stereocenters. The highest BCUT2D eigenvalue weighted by Gasteiger charge is 2.18. The van der Waals surface area contributed by atoms with Crippen molar-refractivity contribution in [3.63, 3.8) is 0 Å². The van der Waals surface area contributed by atoms with E-state index in [4.69, 9.17) is 5.11 Å². The van der Waals surface area contributed by atoms with E-state index >= 15 is 0 Å². The maximum Gasteiger partial charge on any atom is 0.243 e. The quantitative estimate of drug-likeness (QED) is 0.841. The molecule has 2 N–H and O–H groups in total. The highest BCUT2D eigenvalue weighted by molar-refractivity contribution is 7.89. The molecule has 5 nitrogen and oxygen atoms in total. The number of benzene rings is 1. The second-order valence-corrected chi connectivity index (χ2v) is 6.16. The van der Waals surface area contributed by atoms with Gasteiger partial charge in [-0.1, -0.05) is 6.07 Å². The van der Waals surface area contributed by atoms with E-state index < -0.39 is 20.7 Å². The molecule has 0 aliphatic heterocycles. The number of aromatic nitrogens is 1. The number of nitrogens with one attached hydrogen (secondary N) is 1. The van der Waals surface area contributed by atoms with Crippen LogP contribution in [0.25, 0.3) is 0 Å². The Kier molecular flexibility index (Phi) is 5.00. The summed E-state index contributed by atoms with van der Waals surface area (Å²) in [7, 11) is -3.91. The maximum absolute atomic E-state index is 13.7. The van der Waals surface area contributed by atoms with E-state index in [9.17, 15) is 12.8 Å². The van der Waals surface area contributed by atoms with Crippen molar-refractivity contribution >= 4 is 10.0 Å². The normalized spacial score (nSPS) is 11.5. The topological polar surface area (TPSA) is 79.3 Å². The lowest BCUT2D eigenvalue weighted by molar-refractivity contribution is 0.281. The summed E-state index contributed by atoms with van der Waals surface area (Å²) in [5.41, 5.74) is 1.26. The average molecular weight is 310 g/mol. The molecule has 0 fully saturated rings. The monoisotopic (exact) mass is 310 g/mol. The van der Waals surface area contributed by atoms with E-state index in [1.54, 1.807) is 24.5 Å². The number of pyridine rings is 1. The molecule has 0 spiro atoms. The zero-order chi connectivity index (χ0) is 15.3. The lowest BCUT2D eigenvalue weighted by atomic mass is 10.2. The minimum Gasteiger partial charge on any atom is -0.392 e. The predicted octanol–water partition coefficient (Wildman–Crippen LogP) is 1.23. The second-order valence-electron chi connectivity index (χ2n) is 4.43. The van der Waals surface area contributed by atoms with Crippen molar-refractivity contribution < 1.29 is 17.9 Å². The molecule has 0 saturated carbocycles. The number of hydrogen-bond donors (Lipinski definition) is 2. The summed E-state index contributed by atoms with van der Waals surface area (Å²) in [6.07, 6.45) is 3.73. The third-order valence-electron chi connectivity index (χ3n) is 2.92. The molecule has 1 aromatic heterocycles. The van der Waals surface area contributed by atoms with Crippen LogP contribution in [0.4, 0.5) is 4.39 Å². The summed E-state index contributed by atoms with van der Waals surface area (Å²) >= 11 is 0. The molecule has 21 heavy (non-hydrogen) atoms. The molecule has 7 heteroatoms. The fourth-order valence-electron chi connectivity index (χ4n) is 1.82. The minimum absolute atomic E-state index is 0.160. The highest BCUT2D eigenvalue weighted by atomic mass is 32.2. The Morgan fingerprint density at radius 3 is 2.48 bits per heavy atom. The number of hydrogen-bond acceptors (Lipinski definition) is 4. The van der Waals surface area contributed by atoms with Crippen LogP contribution in [0.2, 0.25) is 0 Å². The number of rotatable bonds is 6. The van der Waals surface area contributed by atoms with Gasteiger partial charge >= 0.3 is 0 Å². The van der Waals surface area contributed by atoms with E-state index in [1.807, 2.05) is 0 Å². The van der Waals surface area contributed by atoms with Gasteiger partial charge in [-0.05, 0) is 41.8 Å². The van der Waals surface area contributed by atoms with Crippen LogP contribution in [0.5, 0.6) is 0 Å². The standard InChI is InChI=1S/C14H15FN2O3S/c15-13-9-12(10-18)1-2-14(13)21(19,20)17-8-5-11-3-6-16-7-4-11/h1-4,6-7,9,17-18H,5,8,10H2. The van der Waals surface area contributed by atoms with Gasteiger partial charge in [-0.25, -0.2) is 17.5 Å². The zero-order valence-electron chi connectivity index (χ0n) is 11.2. The Morgan fingerprint density at radius 2 is 1.86 bits per heavy atom. The third-order valence-corrected chi connectivity index (χ3v) is 4.42. The second kappa shape index (κ2) is 6.75. The summed E-state index contributed by atoms with van der Waals surface area (Å²) < 4.78 is 40.1. The molecular formula is C14H15FN2O3S. The van der Waals surface area contributed by atoms with E-state index in [0.29, 0.717) is 12.0 Å². The molecular weight excluding hydrogens is 295 g/mol. The number of sulfonamides is 1. The Balaban J connectivity index is 2.05. The summed E-state index contributed by atoms with van der Waals surface area (Å²) in [5.74, 6) is -0.877. The number of halogens is 1. The largest absolute Gasteiger partial charge is 0.392 e. The first-order chi connectivity index (χ1) is 10.0. The molecule has 0 radical (unpaired) electrons. The molecule has 1 aromatic carbocycles. The van der Waals surface area contributed by atoms with E-state index in [-0.39, 0.29) is 13.2 Å².